The molecule has 3 heterocycles. The normalized spacial score (nSPS) is 20.9. The molecule has 104 valence electrons. The summed E-state index contributed by atoms with van der Waals surface area (Å²) in [6.45, 7) is 1.38. The second-order valence-corrected chi connectivity index (χ2v) is 5.23. The van der Waals surface area contributed by atoms with E-state index < -0.39 is 0 Å². The molecule has 1 aromatic carbocycles. The van der Waals surface area contributed by atoms with E-state index in [1.54, 1.807) is 0 Å². The summed E-state index contributed by atoms with van der Waals surface area (Å²) in [6.07, 6.45) is 3.92. The van der Waals surface area contributed by atoms with Gasteiger partial charge >= 0.3 is 0 Å². The Kier molecular flexibility index (Phi) is 2.67. The zero-order chi connectivity index (χ0) is 13.5. The van der Waals surface area contributed by atoms with Crippen molar-refractivity contribution in [1.29, 1.82) is 0 Å². The topological polar surface area (TPSA) is 54.8 Å². The van der Waals surface area contributed by atoms with Gasteiger partial charge in [0.25, 0.3) is 0 Å². The molecule has 0 bridgehead atoms. The number of aromatic nitrogens is 1. The number of anilines is 1. The molecule has 0 aliphatic carbocycles. The first-order valence-electron chi connectivity index (χ1n) is 6.92. The van der Waals surface area contributed by atoms with E-state index in [9.17, 15) is 5.11 Å². The van der Waals surface area contributed by atoms with Crippen molar-refractivity contribution in [1.82, 2.24) is 4.98 Å². The first kappa shape index (κ1) is 11.8. The summed E-state index contributed by atoms with van der Waals surface area (Å²) in [5, 5.41) is 11.6. The number of hydrogen-bond donors (Lipinski definition) is 1. The average molecular weight is 272 g/mol. The number of pyridine rings is 1. The molecule has 2 aliphatic rings. The molecule has 1 saturated heterocycles. The highest BCUT2D eigenvalue weighted by Crippen LogP contribution is 2.39. The van der Waals surface area contributed by atoms with Crippen LogP contribution in [0.15, 0.2) is 24.4 Å². The van der Waals surface area contributed by atoms with Gasteiger partial charge in [-0.15, -0.1) is 0 Å². The molecular formula is C15H16N2O3. The van der Waals surface area contributed by atoms with Crippen LogP contribution in [0.4, 0.5) is 5.82 Å². The first-order chi connectivity index (χ1) is 9.86. The molecule has 0 saturated carbocycles. The zero-order valence-electron chi connectivity index (χ0n) is 11.1. The molecule has 0 radical (unpaired) electrons. The van der Waals surface area contributed by atoms with Crippen LogP contribution in [0.5, 0.6) is 11.5 Å². The summed E-state index contributed by atoms with van der Waals surface area (Å²) in [7, 11) is 0. The molecular weight excluding hydrogens is 256 g/mol. The minimum absolute atomic E-state index is 0.165. The highest BCUT2D eigenvalue weighted by Gasteiger charge is 2.27. The largest absolute Gasteiger partial charge is 0.454 e. The van der Waals surface area contributed by atoms with Crippen LogP contribution in [0.2, 0.25) is 0 Å². The molecule has 2 aliphatic heterocycles. The van der Waals surface area contributed by atoms with Gasteiger partial charge in [0, 0.05) is 18.1 Å². The van der Waals surface area contributed by atoms with Crippen LogP contribution in [-0.2, 0) is 0 Å². The summed E-state index contributed by atoms with van der Waals surface area (Å²) in [5.74, 6) is 2.48. The summed E-state index contributed by atoms with van der Waals surface area (Å²) < 4.78 is 10.9. The third kappa shape index (κ3) is 1.70. The van der Waals surface area contributed by atoms with Crippen molar-refractivity contribution in [3.05, 3.63) is 24.4 Å². The monoisotopic (exact) mass is 272 g/mol. The number of ether oxygens (including phenoxy) is 2. The van der Waals surface area contributed by atoms with Crippen LogP contribution in [-0.4, -0.2) is 36.1 Å². The molecule has 5 heteroatoms. The summed E-state index contributed by atoms with van der Waals surface area (Å²) in [4.78, 5) is 6.73. The summed E-state index contributed by atoms with van der Waals surface area (Å²) in [6, 6.07) is 6.13. The van der Waals surface area contributed by atoms with Gasteiger partial charge in [-0.2, -0.15) is 0 Å². The fourth-order valence-electron chi connectivity index (χ4n) is 3.08. The van der Waals surface area contributed by atoms with Gasteiger partial charge in [-0.05, 0) is 36.4 Å². The Morgan fingerprint density at radius 3 is 3.00 bits per heavy atom. The van der Waals surface area contributed by atoms with Gasteiger partial charge in [0.05, 0.1) is 12.6 Å². The van der Waals surface area contributed by atoms with E-state index in [2.05, 4.69) is 9.88 Å². The molecule has 1 N–H and O–H groups in total. The van der Waals surface area contributed by atoms with Crippen LogP contribution in [0.1, 0.15) is 12.8 Å². The van der Waals surface area contributed by atoms with Crippen molar-refractivity contribution in [2.75, 3.05) is 24.8 Å². The van der Waals surface area contributed by atoms with Crippen LogP contribution >= 0.6 is 0 Å². The SMILES string of the molecule is OCC1CCCN1c1nccc2cc3c(cc12)OCO3. The fourth-order valence-corrected chi connectivity index (χ4v) is 3.08. The van der Waals surface area contributed by atoms with E-state index in [-0.39, 0.29) is 19.4 Å². The minimum atomic E-state index is 0.165. The molecule has 0 spiro atoms. The van der Waals surface area contributed by atoms with Crippen molar-refractivity contribution < 1.29 is 14.6 Å². The van der Waals surface area contributed by atoms with Crippen molar-refractivity contribution in [2.45, 2.75) is 18.9 Å². The predicted octanol–water partition coefficient (Wildman–Crippen LogP) is 1.92. The molecule has 1 aromatic heterocycles. The molecule has 1 unspecified atom stereocenters. The van der Waals surface area contributed by atoms with Gasteiger partial charge in [0.15, 0.2) is 11.5 Å². The molecule has 1 atom stereocenters. The molecule has 5 nitrogen and oxygen atoms in total. The first-order valence-corrected chi connectivity index (χ1v) is 6.92. The molecule has 2 aromatic rings. The standard InChI is InChI=1S/C15H16N2O3/c18-8-11-2-1-5-17(11)15-12-7-14-13(19-9-20-14)6-10(12)3-4-16-15/h3-4,6-7,11,18H,1-2,5,8-9H2. The lowest BCUT2D eigenvalue weighted by molar-refractivity contribution is 0.174. The van der Waals surface area contributed by atoms with E-state index >= 15 is 0 Å². The maximum atomic E-state index is 9.51. The molecule has 0 amide bonds. The molecule has 1 fully saturated rings. The molecule has 4 rings (SSSR count). The number of aliphatic hydroxyl groups is 1. The Bertz CT molecular complexity index is 659. The van der Waals surface area contributed by atoms with E-state index in [1.807, 2.05) is 24.4 Å². The van der Waals surface area contributed by atoms with E-state index in [4.69, 9.17) is 9.47 Å². The van der Waals surface area contributed by atoms with Gasteiger partial charge < -0.3 is 19.5 Å². The minimum Gasteiger partial charge on any atom is -0.454 e. The highest BCUT2D eigenvalue weighted by atomic mass is 16.7. The van der Waals surface area contributed by atoms with Crippen molar-refractivity contribution in [2.24, 2.45) is 0 Å². The van der Waals surface area contributed by atoms with Crippen molar-refractivity contribution in [3.8, 4) is 11.5 Å². The lowest BCUT2D eigenvalue weighted by atomic mass is 10.1. The lowest BCUT2D eigenvalue weighted by Crippen LogP contribution is -2.32. The van der Waals surface area contributed by atoms with Gasteiger partial charge in [0.1, 0.15) is 5.82 Å². The summed E-state index contributed by atoms with van der Waals surface area (Å²) in [5.41, 5.74) is 0. The number of aliphatic hydroxyl groups excluding tert-OH is 1. The number of rotatable bonds is 2. The summed E-state index contributed by atoms with van der Waals surface area (Å²) >= 11 is 0. The highest BCUT2D eigenvalue weighted by molar-refractivity contribution is 5.95. The van der Waals surface area contributed by atoms with Crippen LogP contribution in [0.25, 0.3) is 10.8 Å². The number of nitrogens with zero attached hydrogens (tertiary/aromatic N) is 2. The smallest absolute Gasteiger partial charge is 0.231 e. The Labute approximate surface area is 116 Å². The van der Waals surface area contributed by atoms with Crippen molar-refractivity contribution in [3.63, 3.8) is 0 Å². The van der Waals surface area contributed by atoms with E-state index in [0.29, 0.717) is 0 Å². The maximum Gasteiger partial charge on any atom is 0.231 e. The Morgan fingerprint density at radius 1 is 1.30 bits per heavy atom. The van der Waals surface area contributed by atoms with Crippen LogP contribution in [0, 0.1) is 0 Å². The second kappa shape index (κ2) is 4.52. The average Bonchev–Trinajstić information content (AvgIpc) is 3.12. The number of fused-ring (bicyclic) bond motifs is 2. The van der Waals surface area contributed by atoms with Crippen molar-refractivity contribution >= 4 is 16.6 Å². The Hall–Kier alpha value is -2.01. The zero-order valence-corrected chi connectivity index (χ0v) is 11.1. The van der Waals surface area contributed by atoms with E-state index in [1.165, 1.54) is 0 Å². The van der Waals surface area contributed by atoms with Crippen LogP contribution < -0.4 is 14.4 Å². The van der Waals surface area contributed by atoms with Gasteiger partial charge in [-0.3, -0.25) is 0 Å². The lowest BCUT2D eigenvalue weighted by Gasteiger charge is -2.25. The van der Waals surface area contributed by atoms with Gasteiger partial charge in [0.2, 0.25) is 6.79 Å². The quantitative estimate of drug-likeness (QED) is 0.905. The Morgan fingerprint density at radius 2 is 2.15 bits per heavy atom. The van der Waals surface area contributed by atoms with E-state index in [0.717, 1.165) is 47.5 Å². The molecule has 20 heavy (non-hydrogen) atoms. The third-order valence-corrected chi connectivity index (χ3v) is 4.10. The van der Waals surface area contributed by atoms with Gasteiger partial charge in [-0.1, -0.05) is 0 Å². The van der Waals surface area contributed by atoms with Crippen LogP contribution in [0.3, 0.4) is 0 Å². The van der Waals surface area contributed by atoms with Gasteiger partial charge in [-0.25, -0.2) is 4.98 Å². The Balaban J connectivity index is 1.87. The predicted molar refractivity (Wildman–Crippen MR) is 75.3 cm³/mol. The maximum absolute atomic E-state index is 9.51. The number of benzene rings is 1. The second-order valence-electron chi connectivity index (χ2n) is 5.23. The number of hydrogen-bond acceptors (Lipinski definition) is 5. The fraction of sp³-hybridized carbons (Fsp3) is 0.400. The third-order valence-electron chi connectivity index (χ3n) is 4.10.